The Kier molecular flexibility index (Phi) is 5.73. The topological polar surface area (TPSA) is 139 Å². The van der Waals surface area contributed by atoms with E-state index in [-0.39, 0.29) is 36.7 Å². The number of nitrogens with one attached hydrogen (secondary N) is 1. The molecule has 0 unspecified atom stereocenters. The van der Waals surface area contributed by atoms with Gasteiger partial charge in [-0.2, -0.15) is 0 Å². The van der Waals surface area contributed by atoms with Crippen LogP contribution in [-0.2, 0) is 34.7 Å². The summed E-state index contributed by atoms with van der Waals surface area (Å²) in [5, 5.41) is 10.8. The molecule has 2 N–H and O–H groups in total. The number of nitrogens with zero attached hydrogens (tertiary/aromatic N) is 1. The van der Waals surface area contributed by atoms with E-state index in [4.69, 9.17) is 4.74 Å². The maximum atomic E-state index is 12.5. The summed E-state index contributed by atoms with van der Waals surface area (Å²) in [5.41, 5.74) is -0.304. The van der Waals surface area contributed by atoms with Crippen LogP contribution in [0, 0.1) is 0 Å². The van der Waals surface area contributed by atoms with Crippen LogP contribution in [0.5, 0.6) is 5.75 Å². The largest absolute Gasteiger partial charge is 0.484 e. The molecule has 0 aromatic heterocycles. The number of aliphatic carboxylic acids is 1. The summed E-state index contributed by atoms with van der Waals surface area (Å²) in [4.78, 5) is 47.3. The number of ether oxygens (including phenoxy) is 2. The number of β-lactam (4-membered cyclic amide) rings is 1. The SMILES string of the molecule is O=COCC1=C(C(=O)O)N2C(=O)[C@@H](NC(=O)COc3ccccc3)[C@H]2[S@@](=O)C1. The zero-order chi connectivity index (χ0) is 20.3. The van der Waals surface area contributed by atoms with Crippen molar-refractivity contribution in [1.29, 1.82) is 0 Å². The Morgan fingerprint density at radius 1 is 1.32 bits per heavy atom. The number of carboxylic acid groups (broad SMARTS) is 1. The van der Waals surface area contributed by atoms with Crippen LogP contribution in [0.4, 0.5) is 0 Å². The molecule has 2 aliphatic heterocycles. The van der Waals surface area contributed by atoms with E-state index in [0.717, 1.165) is 4.90 Å². The van der Waals surface area contributed by atoms with Crippen molar-refractivity contribution in [1.82, 2.24) is 10.2 Å². The number of carbonyl (C=O) groups excluding carboxylic acids is 3. The lowest BCUT2D eigenvalue weighted by molar-refractivity contribution is -0.151. The molecule has 10 nitrogen and oxygen atoms in total. The number of benzene rings is 1. The number of para-hydroxylation sites is 1. The highest BCUT2D eigenvalue weighted by Gasteiger charge is 2.57. The van der Waals surface area contributed by atoms with Gasteiger partial charge in [0.25, 0.3) is 18.3 Å². The number of hydrogen-bond acceptors (Lipinski definition) is 7. The lowest BCUT2D eigenvalue weighted by Crippen LogP contribution is -2.74. The number of amides is 2. The Bertz CT molecular complexity index is 869. The first-order valence-electron chi connectivity index (χ1n) is 8.12. The predicted octanol–water partition coefficient (Wildman–Crippen LogP) is -1.01. The first-order valence-corrected chi connectivity index (χ1v) is 9.50. The zero-order valence-corrected chi connectivity index (χ0v) is 15.2. The van der Waals surface area contributed by atoms with E-state index >= 15 is 0 Å². The van der Waals surface area contributed by atoms with E-state index in [1.807, 2.05) is 0 Å². The minimum atomic E-state index is -1.67. The van der Waals surface area contributed by atoms with Crippen LogP contribution in [0.1, 0.15) is 0 Å². The highest BCUT2D eigenvalue weighted by Crippen LogP contribution is 2.34. The summed E-state index contributed by atoms with van der Waals surface area (Å²) < 4.78 is 22.3. The fourth-order valence-electron chi connectivity index (χ4n) is 2.98. The summed E-state index contributed by atoms with van der Waals surface area (Å²) in [7, 11) is -1.67. The molecule has 0 radical (unpaired) electrons. The molecule has 2 amide bonds. The van der Waals surface area contributed by atoms with Gasteiger partial charge in [-0.1, -0.05) is 18.2 Å². The van der Waals surface area contributed by atoms with Gasteiger partial charge in [0.05, 0.1) is 16.6 Å². The predicted molar refractivity (Wildman–Crippen MR) is 94.2 cm³/mol. The van der Waals surface area contributed by atoms with Crippen molar-refractivity contribution < 1.29 is 38.0 Å². The van der Waals surface area contributed by atoms with Gasteiger partial charge in [0.2, 0.25) is 0 Å². The monoisotopic (exact) mass is 408 g/mol. The Hall–Kier alpha value is -3.21. The van der Waals surface area contributed by atoms with Crippen LogP contribution >= 0.6 is 0 Å². The molecular formula is C17H16N2O8S. The standard InChI is InChI=1S/C17H16N2O8S/c20-9-26-6-10-8-28(25)16-13(15(22)19(16)14(10)17(23)24)18-12(21)7-27-11-4-2-1-3-5-11/h1-5,9,13,16H,6-8H2,(H,18,21)(H,23,24)/t13-,16-,28+/m1/s1. The molecule has 28 heavy (non-hydrogen) atoms. The van der Waals surface area contributed by atoms with Crippen LogP contribution < -0.4 is 10.1 Å². The highest BCUT2D eigenvalue weighted by atomic mass is 32.2. The summed E-state index contributed by atoms with van der Waals surface area (Å²) >= 11 is 0. The molecule has 148 valence electrons. The maximum Gasteiger partial charge on any atom is 0.352 e. The summed E-state index contributed by atoms with van der Waals surface area (Å²) in [6, 6.07) is 7.46. The number of hydrogen-bond donors (Lipinski definition) is 2. The van der Waals surface area contributed by atoms with Crippen molar-refractivity contribution in [2.75, 3.05) is 19.0 Å². The van der Waals surface area contributed by atoms with Crippen molar-refractivity contribution in [3.63, 3.8) is 0 Å². The molecule has 0 spiro atoms. The molecule has 2 heterocycles. The van der Waals surface area contributed by atoms with Gasteiger partial charge in [0.15, 0.2) is 6.61 Å². The Morgan fingerprint density at radius 2 is 2.04 bits per heavy atom. The molecule has 3 atom stereocenters. The molecule has 3 rings (SSSR count). The van der Waals surface area contributed by atoms with E-state index in [2.05, 4.69) is 10.1 Å². The minimum Gasteiger partial charge on any atom is -0.484 e. The molecule has 0 aliphatic carbocycles. The quantitative estimate of drug-likeness (QED) is 0.412. The van der Waals surface area contributed by atoms with Crippen molar-refractivity contribution >= 4 is 35.1 Å². The lowest BCUT2D eigenvalue weighted by atomic mass is 10.0. The Labute approximate surface area is 161 Å². The Balaban J connectivity index is 1.68. The molecule has 1 aromatic rings. The van der Waals surface area contributed by atoms with Crippen LogP contribution in [0.3, 0.4) is 0 Å². The van der Waals surface area contributed by atoms with Crippen LogP contribution in [-0.4, -0.2) is 68.9 Å². The number of carboxylic acids is 1. The summed E-state index contributed by atoms with van der Waals surface area (Å²) in [5.74, 6) is -2.42. The van der Waals surface area contributed by atoms with Gasteiger partial charge in [-0.3, -0.25) is 23.5 Å². The Morgan fingerprint density at radius 3 is 2.68 bits per heavy atom. The summed E-state index contributed by atoms with van der Waals surface area (Å²) in [6.45, 7) is -0.600. The average Bonchev–Trinajstić information content (AvgIpc) is 2.68. The van der Waals surface area contributed by atoms with Crippen molar-refractivity contribution in [2.45, 2.75) is 11.4 Å². The number of rotatable bonds is 8. The number of fused-ring (bicyclic) bond motifs is 1. The number of carbonyl (C=O) groups is 4. The third-order valence-electron chi connectivity index (χ3n) is 4.16. The van der Waals surface area contributed by atoms with Crippen LogP contribution in [0.25, 0.3) is 0 Å². The minimum absolute atomic E-state index is 0.0692. The fraction of sp³-hybridized carbons (Fsp3) is 0.294. The third-order valence-corrected chi connectivity index (χ3v) is 5.82. The van der Waals surface area contributed by atoms with Gasteiger partial charge in [0, 0.05) is 5.57 Å². The van der Waals surface area contributed by atoms with Gasteiger partial charge in [-0.05, 0) is 12.1 Å². The second-order valence-electron chi connectivity index (χ2n) is 5.94. The lowest BCUT2D eigenvalue weighted by Gasteiger charge is -2.48. The average molecular weight is 408 g/mol. The van der Waals surface area contributed by atoms with Crippen molar-refractivity contribution in [3.05, 3.63) is 41.6 Å². The molecule has 1 saturated heterocycles. The fourth-order valence-corrected chi connectivity index (χ4v) is 4.65. The normalized spacial score (nSPS) is 23.4. The second kappa shape index (κ2) is 8.21. The van der Waals surface area contributed by atoms with E-state index in [9.17, 15) is 28.5 Å². The molecule has 11 heteroatoms. The zero-order valence-electron chi connectivity index (χ0n) is 14.4. The van der Waals surface area contributed by atoms with E-state index in [1.165, 1.54) is 0 Å². The molecule has 1 fully saturated rings. The van der Waals surface area contributed by atoms with Gasteiger partial charge in [-0.15, -0.1) is 0 Å². The van der Waals surface area contributed by atoms with Gasteiger partial charge in [0.1, 0.15) is 29.5 Å². The van der Waals surface area contributed by atoms with E-state index in [1.54, 1.807) is 30.3 Å². The van der Waals surface area contributed by atoms with E-state index in [0.29, 0.717) is 5.75 Å². The smallest absolute Gasteiger partial charge is 0.352 e. The van der Waals surface area contributed by atoms with E-state index < -0.39 is 40.0 Å². The highest BCUT2D eigenvalue weighted by molar-refractivity contribution is 7.86. The molecule has 2 aliphatic rings. The first kappa shape index (κ1) is 19.5. The van der Waals surface area contributed by atoms with Crippen LogP contribution in [0.15, 0.2) is 41.6 Å². The van der Waals surface area contributed by atoms with Gasteiger partial charge in [-0.25, -0.2) is 4.79 Å². The van der Waals surface area contributed by atoms with Crippen molar-refractivity contribution in [2.24, 2.45) is 0 Å². The maximum absolute atomic E-state index is 12.5. The molecule has 0 bridgehead atoms. The summed E-state index contributed by atoms with van der Waals surface area (Å²) in [6.07, 6.45) is 0. The molecular weight excluding hydrogens is 392 g/mol. The van der Waals surface area contributed by atoms with Crippen molar-refractivity contribution in [3.8, 4) is 5.75 Å². The second-order valence-corrected chi connectivity index (χ2v) is 7.47. The van der Waals surface area contributed by atoms with Gasteiger partial charge < -0.3 is 19.9 Å². The molecule has 0 saturated carbocycles. The third kappa shape index (κ3) is 3.74. The first-order chi connectivity index (χ1) is 13.4. The van der Waals surface area contributed by atoms with Crippen LogP contribution in [0.2, 0.25) is 0 Å². The molecule has 1 aromatic carbocycles. The van der Waals surface area contributed by atoms with Gasteiger partial charge >= 0.3 is 5.97 Å².